The lowest BCUT2D eigenvalue weighted by Crippen LogP contribution is -2.33. The van der Waals surface area contributed by atoms with E-state index in [0.717, 1.165) is 26.9 Å². The summed E-state index contributed by atoms with van der Waals surface area (Å²) < 4.78 is 26.0. The summed E-state index contributed by atoms with van der Waals surface area (Å²) in [6.07, 6.45) is 0.136. The second kappa shape index (κ2) is 8.26. The van der Waals surface area contributed by atoms with Gasteiger partial charge in [0.1, 0.15) is 17.7 Å². The minimum Gasteiger partial charge on any atom is -0.508 e. The van der Waals surface area contributed by atoms with Crippen LogP contribution in [0.25, 0.3) is 0 Å². The maximum Gasteiger partial charge on any atom is 0.231 e. The monoisotopic (exact) mass is 546 g/mol. The molecule has 0 saturated heterocycles. The molecule has 0 aliphatic carbocycles. The molecule has 0 saturated carbocycles. The van der Waals surface area contributed by atoms with E-state index in [2.05, 4.69) is 37.2 Å². The van der Waals surface area contributed by atoms with Crippen molar-refractivity contribution < 1.29 is 19.0 Å². The number of benzene rings is 3. The zero-order chi connectivity index (χ0) is 21.5. The Morgan fingerprint density at radius 2 is 1.84 bits per heavy atom. The predicted molar refractivity (Wildman–Crippen MR) is 122 cm³/mol. The fourth-order valence-corrected chi connectivity index (χ4v) is 4.59. The summed E-state index contributed by atoms with van der Waals surface area (Å²) in [6, 6.07) is 15.7. The lowest BCUT2D eigenvalue weighted by Gasteiger charge is -2.31. The van der Waals surface area contributed by atoms with Gasteiger partial charge in [0, 0.05) is 28.2 Å². The maximum atomic E-state index is 13.8. The van der Waals surface area contributed by atoms with E-state index >= 15 is 0 Å². The molecular formula is C23H17Br2FN2O3. The van der Waals surface area contributed by atoms with E-state index < -0.39 is 6.17 Å². The summed E-state index contributed by atoms with van der Waals surface area (Å²) in [6.45, 7) is 0.202. The average Bonchev–Trinajstić information content (AvgIpc) is 3.25. The largest absolute Gasteiger partial charge is 0.508 e. The molecule has 2 atom stereocenters. The van der Waals surface area contributed by atoms with Crippen molar-refractivity contribution in [1.29, 1.82) is 0 Å². The van der Waals surface area contributed by atoms with Gasteiger partial charge in [-0.2, -0.15) is 0 Å². The van der Waals surface area contributed by atoms with Gasteiger partial charge < -0.3 is 14.6 Å². The number of hydrogen-bond donors (Lipinski definition) is 2. The van der Waals surface area contributed by atoms with Crippen molar-refractivity contribution in [3.8, 4) is 17.2 Å². The molecule has 158 valence electrons. The summed E-state index contributed by atoms with van der Waals surface area (Å²) >= 11 is 6.75. The first kappa shape index (κ1) is 20.5. The summed E-state index contributed by atoms with van der Waals surface area (Å²) in [4.78, 5) is 4.92. The van der Waals surface area contributed by atoms with Crippen LogP contribution in [0.5, 0.6) is 17.2 Å². The Morgan fingerprint density at radius 1 is 1.00 bits per heavy atom. The van der Waals surface area contributed by atoms with Crippen molar-refractivity contribution in [2.75, 3.05) is 6.79 Å². The van der Waals surface area contributed by atoms with Crippen molar-refractivity contribution in [3.05, 3.63) is 86.1 Å². The molecule has 2 aliphatic rings. The summed E-state index contributed by atoms with van der Waals surface area (Å²) in [5.41, 5.74) is 3.34. The molecule has 3 aromatic carbocycles. The number of ether oxygens (including phenoxy) is 2. The lowest BCUT2D eigenvalue weighted by atomic mass is 9.93. The highest BCUT2D eigenvalue weighted by atomic mass is 79.9. The third-order valence-corrected chi connectivity index (χ3v) is 6.47. The van der Waals surface area contributed by atoms with E-state index in [-0.39, 0.29) is 24.4 Å². The molecule has 2 N–H and O–H groups in total. The van der Waals surface area contributed by atoms with Crippen LogP contribution in [0.15, 0.2) is 68.5 Å². The van der Waals surface area contributed by atoms with Crippen LogP contribution in [0.3, 0.4) is 0 Å². The molecular weight excluding hydrogens is 531 g/mol. The molecule has 2 aliphatic heterocycles. The van der Waals surface area contributed by atoms with Gasteiger partial charge in [0.15, 0.2) is 11.5 Å². The van der Waals surface area contributed by atoms with Gasteiger partial charge in [0.05, 0.1) is 4.47 Å². The van der Waals surface area contributed by atoms with E-state index in [4.69, 9.17) is 14.5 Å². The van der Waals surface area contributed by atoms with E-state index in [9.17, 15) is 9.50 Å². The van der Waals surface area contributed by atoms with Crippen LogP contribution in [0, 0.1) is 5.82 Å². The van der Waals surface area contributed by atoms with Crippen LogP contribution >= 0.6 is 31.9 Å². The van der Waals surface area contributed by atoms with Gasteiger partial charge in [-0.15, -0.1) is 0 Å². The summed E-state index contributed by atoms with van der Waals surface area (Å²) in [5.74, 6) is 1.26. The maximum absolute atomic E-state index is 13.8. The van der Waals surface area contributed by atoms with Gasteiger partial charge in [0.2, 0.25) is 6.79 Å². The first-order valence-corrected chi connectivity index (χ1v) is 11.2. The predicted octanol–water partition coefficient (Wildman–Crippen LogP) is 6.01. The van der Waals surface area contributed by atoms with E-state index in [1.54, 1.807) is 24.3 Å². The fourth-order valence-electron chi connectivity index (χ4n) is 3.81. The minimum absolute atomic E-state index is 0.201. The number of aliphatic imine (C=N–C) groups is 1. The molecule has 5 rings (SSSR count). The first-order valence-electron chi connectivity index (χ1n) is 9.64. The molecule has 31 heavy (non-hydrogen) atoms. The number of halogens is 3. The second-order valence-corrected chi connectivity index (χ2v) is 9.12. The van der Waals surface area contributed by atoms with E-state index in [0.29, 0.717) is 22.4 Å². The normalized spacial score (nSPS) is 19.9. The zero-order valence-electron chi connectivity index (χ0n) is 16.1. The number of aromatic hydroxyl groups is 1. The quantitative estimate of drug-likeness (QED) is 0.421. The summed E-state index contributed by atoms with van der Waals surface area (Å²) in [7, 11) is 0. The molecule has 2 heterocycles. The van der Waals surface area contributed by atoms with Crippen LogP contribution in [-0.4, -0.2) is 17.6 Å². The van der Waals surface area contributed by atoms with Crippen molar-refractivity contribution in [2.24, 2.45) is 4.99 Å². The van der Waals surface area contributed by atoms with E-state index in [1.165, 1.54) is 6.07 Å². The number of fused-ring (bicyclic) bond motifs is 1. The van der Waals surface area contributed by atoms with Gasteiger partial charge in [-0.25, -0.2) is 4.39 Å². The van der Waals surface area contributed by atoms with Crippen molar-refractivity contribution in [1.82, 2.24) is 5.32 Å². The molecule has 0 unspecified atom stereocenters. The smallest absolute Gasteiger partial charge is 0.231 e. The third-order valence-electron chi connectivity index (χ3n) is 5.37. The highest BCUT2D eigenvalue weighted by Gasteiger charge is 2.29. The number of phenolic OH excluding ortho intramolecular Hbond substituents is 1. The number of nitrogens with one attached hydrogen (secondary N) is 1. The highest BCUT2D eigenvalue weighted by molar-refractivity contribution is 9.10. The molecule has 0 amide bonds. The van der Waals surface area contributed by atoms with Gasteiger partial charge in [0.25, 0.3) is 0 Å². The van der Waals surface area contributed by atoms with Gasteiger partial charge in [-0.3, -0.25) is 10.3 Å². The van der Waals surface area contributed by atoms with Crippen LogP contribution in [-0.2, 0) is 0 Å². The molecule has 0 radical (unpaired) electrons. The molecule has 3 aromatic rings. The molecule has 0 bridgehead atoms. The number of nitrogens with zero attached hydrogens (tertiary/aromatic N) is 1. The van der Waals surface area contributed by atoms with E-state index in [1.807, 2.05) is 24.3 Å². The van der Waals surface area contributed by atoms with Crippen molar-refractivity contribution in [2.45, 2.75) is 18.6 Å². The Hall–Kier alpha value is -2.42. The van der Waals surface area contributed by atoms with Gasteiger partial charge >= 0.3 is 0 Å². The number of hydrogen-bond acceptors (Lipinski definition) is 5. The van der Waals surface area contributed by atoms with Gasteiger partial charge in [-0.1, -0.05) is 22.0 Å². The topological polar surface area (TPSA) is 63.1 Å². The van der Waals surface area contributed by atoms with Crippen LogP contribution < -0.4 is 14.8 Å². The summed E-state index contributed by atoms with van der Waals surface area (Å²) in [5, 5.41) is 14.0. The number of rotatable bonds is 3. The Labute approximate surface area is 195 Å². The standard InChI is InChI=1S/C23H17Br2FN2O3/c24-14-3-5-20(29)15(9-14)19-10-18(12-2-6-21-22(8-12)31-11-30-21)27-23(28-19)13-1-4-17(26)16(25)7-13/h1-9,19,23,28-29H,10-11H2/t19-,23+/m0/s1. The Morgan fingerprint density at radius 3 is 2.68 bits per heavy atom. The van der Waals surface area contributed by atoms with Crippen molar-refractivity contribution in [3.63, 3.8) is 0 Å². The fraction of sp³-hybridized carbons (Fsp3) is 0.174. The minimum atomic E-state index is -0.422. The number of phenols is 1. The molecule has 0 spiro atoms. The Kier molecular flexibility index (Phi) is 5.45. The van der Waals surface area contributed by atoms with Gasteiger partial charge in [-0.05, 0) is 75.6 Å². The average molecular weight is 548 g/mol. The molecule has 8 heteroatoms. The Balaban J connectivity index is 1.58. The lowest BCUT2D eigenvalue weighted by molar-refractivity contribution is 0.174. The zero-order valence-corrected chi connectivity index (χ0v) is 19.3. The first-order chi connectivity index (χ1) is 15.0. The molecule has 0 aromatic heterocycles. The van der Waals surface area contributed by atoms with Crippen LogP contribution in [0.4, 0.5) is 4.39 Å². The highest BCUT2D eigenvalue weighted by Crippen LogP contribution is 2.38. The molecule has 5 nitrogen and oxygen atoms in total. The Bertz CT molecular complexity index is 1200. The molecule has 0 fully saturated rings. The van der Waals surface area contributed by atoms with Crippen LogP contribution in [0.1, 0.15) is 35.3 Å². The SMILES string of the molecule is Oc1ccc(Br)cc1[C@@H]1CC(c2ccc3c(c2)OCO3)=N[C@@H](c2ccc(F)c(Br)c2)N1. The van der Waals surface area contributed by atoms with Crippen molar-refractivity contribution >= 4 is 37.6 Å². The second-order valence-electron chi connectivity index (χ2n) is 7.35. The third kappa shape index (κ3) is 4.07. The van der Waals surface area contributed by atoms with Crippen LogP contribution in [0.2, 0.25) is 0 Å².